The number of aromatic nitrogens is 2. The molecular formula is C25H32N4O3S. The topological polar surface area (TPSA) is 95.4 Å². The fourth-order valence-corrected chi connectivity index (χ4v) is 5.09. The second-order valence-corrected chi connectivity index (χ2v) is 11.2. The quantitative estimate of drug-likeness (QED) is 0.518. The molecule has 1 aromatic heterocycles. The van der Waals surface area contributed by atoms with Crippen LogP contribution in [0.1, 0.15) is 31.7 Å². The summed E-state index contributed by atoms with van der Waals surface area (Å²) < 4.78 is 23.1. The Bertz CT molecular complexity index is 1230. The Morgan fingerprint density at radius 2 is 1.94 bits per heavy atom. The van der Waals surface area contributed by atoms with Gasteiger partial charge >= 0.3 is 0 Å². The Morgan fingerprint density at radius 1 is 1.15 bits per heavy atom. The first kappa shape index (κ1) is 23.4. The van der Waals surface area contributed by atoms with Gasteiger partial charge in [0.25, 0.3) is 0 Å². The Labute approximate surface area is 195 Å². The van der Waals surface area contributed by atoms with Gasteiger partial charge in [-0.15, -0.1) is 10.2 Å². The van der Waals surface area contributed by atoms with Crippen molar-refractivity contribution in [2.24, 2.45) is 0 Å². The van der Waals surface area contributed by atoms with E-state index >= 15 is 0 Å². The molecule has 1 aliphatic rings. The maximum atomic E-state index is 11.5. The number of hydrogen-bond donors (Lipinski definition) is 2. The molecule has 0 amide bonds. The second kappa shape index (κ2) is 10.1. The largest absolute Gasteiger partial charge is 0.507 e. The van der Waals surface area contributed by atoms with E-state index in [2.05, 4.69) is 27.3 Å². The highest BCUT2D eigenvalue weighted by atomic mass is 32.2. The van der Waals surface area contributed by atoms with Crippen LogP contribution < -0.4 is 5.32 Å². The van der Waals surface area contributed by atoms with E-state index in [0.717, 1.165) is 55.1 Å². The summed E-state index contributed by atoms with van der Waals surface area (Å²) in [6.07, 6.45) is 5.22. The number of fused-ring (bicyclic) bond motifs is 1. The molecule has 2 N–H and O–H groups in total. The average Bonchev–Trinajstić information content (AvgIpc) is 2.79. The van der Waals surface area contributed by atoms with Gasteiger partial charge in [-0.1, -0.05) is 43.7 Å². The molecule has 3 aromatic rings. The lowest BCUT2D eigenvalue weighted by molar-refractivity contribution is 0.227. The Balaban J connectivity index is 1.58. The Morgan fingerprint density at radius 3 is 2.67 bits per heavy atom. The molecule has 0 saturated carbocycles. The van der Waals surface area contributed by atoms with E-state index in [9.17, 15) is 13.5 Å². The number of piperidine rings is 1. The van der Waals surface area contributed by atoms with Gasteiger partial charge in [0.2, 0.25) is 0 Å². The number of phenols is 1. The monoisotopic (exact) mass is 468 g/mol. The molecule has 1 saturated heterocycles. The van der Waals surface area contributed by atoms with Crippen molar-refractivity contribution in [1.82, 2.24) is 15.1 Å². The zero-order valence-electron chi connectivity index (χ0n) is 19.3. The predicted molar refractivity (Wildman–Crippen MR) is 133 cm³/mol. The smallest absolute Gasteiger partial charge is 0.156 e. The van der Waals surface area contributed by atoms with Gasteiger partial charge < -0.3 is 15.3 Å². The standard InChI is InChI=1S/C25H32N4O3S/c1-3-7-18-11-12-22(23(30)16-18)24-20-9-4-5-10-21(20)25(28-27-24)26-19-8-6-13-29(17-19)14-15-33(2,31)32/h4-5,9-12,16,19,30H,3,6-8,13-15,17H2,1-2H3,(H,26,28)/t19-/m1/s1. The van der Waals surface area contributed by atoms with E-state index in [-0.39, 0.29) is 17.5 Å². The first-order chi connectivity index (χ1) is 15.8. The van der Waals surface area contributed by atoms with Gasteiger partial charge in [-0.3, -0.25) is 0 Å². The van der Waals surface area contributed by atoms with Gasteiger partial charge in [0.05, 0.1) is 5.75 Å². The third-order valence-corrected chi connectivity index (χ3v) is 7.09. The summed E-state index contributed by atoms with van der Waals surface area (Å²) in [5.41, 5.74) is 2.44. The van der Waals surface area contributed by atoms with Gasteiger partial charge in [-0.05, 0) is 43.5 Å². The molecule has 1 atom stereocenters. The molecule has 0 spiro atoms. The van der Waals surface area contributed by atoms with Crippen LogP contribution in [0.4, 0.5) is 5.82 Å². The third-order valence-electron chi connectivity index (χ3n) is 6.17. The molecule has 2 heterocycles. The van der Waals surface area contributed by atoms with E-state index < -0.39 is 9.84 Å². The first-order valence-electron chi connectivity index (χ1n) is 11.6. The molecule has 4 rings (SSSR count). The summed E-state index contributed by atoms with van der Waals surface area (Å²) in [7, 11) is -2.97. The molecule has 2 aromatic carbocycles. The lowest BCUT2D eigenvalue weighted by Gasteiger charge is -2.33. The molecule has 0 bridgehead atoms. The summed E-state index contributed by atoms with van der Waals surface area (Å²) in [5, 5.41) is 25.1. The predicted octanol–water partition coefficient (Wildman–Crippen LogP) is 3.88. The highest BCUT2D eigenvalue weighted by molar-refractivity contribution is 7.90. The van der Waals surface area contributed by atoms with Crippen molar-refractivity contribution in [2.45, 2.75) is 38.6 Å². The number of rotatable bonds is 8. The van der Waals surface area contributed by atoms with Crippen LogP contribution in [0.25, 0.3) is 22.0 Å². The number of nitrogens with zero attached hydrogens (tertiary/aromatic N) is 3. The molecule has 176 valence electrons. The zero-order chi connectivity index (χ0) is 23.4. The summed E-state index contributed by atoms with van der Waals surface area (Å²) in [6, 6.07) is 13.9. The van der Waals surface area contributed by atoms with Crippen LogP contribution in [0.3, 0.4) is 0 Å². The molecule has 8 heteroatoms. The molecule has 0 radical (unpaired) electrons. The van der Waals surface area contributed by atoms with Crippen LogP contribution in [-0.2, 0) is 16.3 Å². The summed E-state index contributed by atoms with van der Waals surface area (Å²) in [5.74, 6) is 1.11. The number of aryl methyl sites for hydroxylation is 1. The number of nitrogens with one attached hydrogen (secondary N) is 1. The van der Waals surface area contributed by atoms with Gasteiger partial charge in [0.15, 0.2) is 5.82 Å². The van der Waals surface area contributed by atoms with E-state index in [0.29, 0.717) is 23.6 Å². The minimum Gasteiger partial charge on any atom is -0.507 e. The van der Waals surface area contributed by atoms with Gasteiger partial charge in [-0.2, -0.15) is 0 Å². The number of phenolic OH excluding ortho intramolecular Hbond substituents is 1. The van der Waals surface area contributed by atoms with E-state index in [4.69, 9.17) is 0 Å². The number of likely N-dealkylation sites (tertiary alicyclic amines) is 1. The molecular weight excluding hydrogens is 436 g/mol. The molecule has 0 unspecified atom stereocenters. The number of hydrogen-bond acceptors (Lipinski definition) is 7. The molecule has 33 heavy (non-hydrogen) atoms. The molecule has 7 nitrogen and oxygen atoms in total. The Hall–Kier alpha value is -2.71. The second-order valence-electron chi connectivity index (χ2n) is 8.96. The number of anilines is 1. The van der Waals surface area contributed by atoms with Crippen LogP contribution in [-0.4, -0.2) is 66.3 Å². The Kier molecular flexibility index (Phi) is 7.14. The van der Waals surface area contributed by atoms with Crippen molar-refractivity contribution in [1.29, 1.82) is 0 Å². The van der Waals surface area contributed by atoms with Crippen molar-refractivity contribution in [3.63, 3.8) is 0 Å². The minimum absolute atomic E-state index is 0.170. The SMILES string of the molecule is CCCc1ccc(-c2nnc(N[C@@H]3CCCN(CCS(C)(=O)=O)C3)c3ccccc23)c(O)c1. The lowest BCUT2D eigenvalue weighted by Crippen LogP contribution is -2.43. The van der Waals surface area contributed by atoms with Gasteiger partial charge in [0, 0.05) is 41.7 Å². The van der Waals surface area contributed by atoms with Crippen LogP contribution in [0.15, 0.2) is 42.5 Å². The van der Waals surface area contributed by atoms with Crippen molar-refractivity contribution in [3.8, 4) is 17.0 Å². The van der Waals surface area contributed by atoms with Crippen LogP contribution in [0, 0.1) is 0 Å². The normalized spacial score (nSPS) is 17.3. The summed E-state index contributed by atoms with van der Waals surface area (Å²) >= 11 is 0. The zero-order valence-corrected chi connectivity index (χ0v) is 20.1. The molecule has 0 aliphatic carbocycles. The fraction of sp³-hybridized carbons (Fsp3) is 0.440. The third kappa shape index (κ3) is 5.81. The van der Waals surface area contributed by atoms with E-state index in [1.165, 1.54) is 6.26 Å². The maximum absolute atomic E-state index is 11.5. The maximum Gasteiger partial charge on any atom is 0.156 e. The number of aromatic hydroxyl groups is 1. The highest BCUT2D eigenvalue weighted by Gasteiger charge is 2.22. The van der Waals surface area contributed by atoms with E-state index in [1.807, 2.05) is 42.5 Å². The fourth-order valence-electron chi connectivity index (χ4n) is 4.50. The number of sulfone groups is 1. The summed E-state index contributed by atoms with van der Waals surface area (Å²) in [4.78, 5) is 2.20. The van der Waals surface area contributed by atoms with Crippen LogP contribution in [0.2, 0.25) is 0 Å². The van der Waals surface area contributed by atoms with Gasteiger partial charge in [0.1, 0.15) is 21.3 Å². The van der Waals surface area contributed by atoms with Crippen molar-refractivity contribution < 1.29 is 13.5 Å². The highest BCUT2D eigenvalue weighted by Crippen LogP contribution is 2.35. The van der Waals surface area contributed by atoms with Crippen LogP contribution in [0.5, 0.6) is 5.75 Å². The first-order valence-corrected chi connectivity index (χ1v) is 13.6. The van der Waals surface area contributed by atoms with E-state index in [1.54, 1.807) is 0 Å². The summed E-state index contributed by atoms with van der Waals surface area (Å²) in [6.45, 7) is 4.35. The lowest BCUT2D eigenvalue weighted by atomic mass is 10.0. The van der Waals surface area contributed by atoms with Crippen molar-refractivity contribution in [3.05, 3.63) is 48.0 Å². The van der Waals surface area contributed by atoms with Crippen molar-refractivity contribution >= 4 is 26.4 Å². The van der Waals surface area contributed by atoms with Gasteiger partial charge in [-0.25, -0.2) is 8.42 Å². The van der Waals surface area contributed by atoms with Crippen molar-refractivity contribution in [2.75, 3.05) is 37.0 Å². The average molecular weight is 469 g/mol. The molecule has 1 aliphatic heterocycles. The molecule has 1 fully saturated rings. The van der Waals surface area contributed by atoms with Crippen LogP contribution >= 0.6 is 0 Å². The number of benzene rings is 2. The minimum atomic E-state index is -2.97.